The summed E-state index contributed by atoms with van der Waals surface area (Å²) >= 11 is 0. The first-order valence-electron chi connectivity index (χ1n) is 10.7. The molecular formula is C23H34N2O2. The molecule has 3 rings (SSSR count). The molecule has 1 heterocycles. The maximum Gasteiger partial charge on any atom is 0.245 e. The fraction of sp³-hybridized carbons (Fsp3) is 0.652. The Kier molecular flexibility index (Phi) is 6.56. The summed E-state index contributed by atoms with van der Waals surface area (Å²) in [6.45, 7) is 4.63. The number of likely N-dealkylation sites (tertiary alicyclic amines) is 1. The maximum atomic E-state index is 13.1. The highest BCUT2D eigenvalue weighted by atomic mass is 16.2. The van der Waals surface area contributed by atoms with Crippen molar-refractivity contribution in [3.8, 4) is 0 Å². The minimum atomic E-state index is -0.704. The first kappa shape index (κ1) is 19.9. The van der Waals surface area contributed by atoms with Gasteiger partial charge >= 0.3 is 0 Å². The summed E-state index contributed by atoms with van der Waals surface area (Å²) in [5, 5.41) is 3.29. The van der Waals surface area contributed by atoms with Crippen molar-refractivity contribution in [1.29, 1.82) is 0 Å². The van der Waals surface area contributed by atoms with Crippen LogP contribution < -0.4 is 5.32 Å². The van der Waals surface area contributed by atoms with Crippen LogP contribution in [0.25, 0.3) is 0 Å². The second-order valence-electron chi connectivity index (χ2n) is 8.57. The third-order valence-electron chi connectivity index (χ3n) is 6.40. The molecule has 0 aromatic heterocycles. The highest BCUT2D eigenvalue weighted by Crippen LogP contribution is 2.31. The lowest BCUT2D eigenvalue weighted by atomic mass is 9.93. The SMILES string of the molecule is Cc1ccc(CCN2C(=O)CCC2(C)C(=O)NC2CCCCCCC2)cc1. The second kappa shape index (κ2) is 8.90. The van der Waals surface area contributed by atoms with Gasteiger partial charge in [-0.2, -0.15) is 0 Å². The van der Waals surface area contributed by atoms with E-state index < -0.39 is 5.54 Å². The van der Waals surface area contributed by atoms with Gasteiger partial charge in [0.25, 0.3) is 0 Å². The van der Waals surface area contributed by atoms with E-state index >= 15 is 0 Å². The molecule has 1 unspecified atom stereocenters. The van der Waals surface area contributed by atoms with Crippen LogP contribution in [-0.2, 0) is 16.0 Å². The molecule has 1 aliphatic heterocycles. The van der Waals surface area contributed by atoms with Crippen molar-refractivity contribution in [3.05, 3.63) is 35.4 Å². The average molecular weight is 371 g/mol. The summed E-state index contributed by atoms with van der Waals surface area (Å²) in [7, 11) is 0. The molecule has 2 amide bonds. The van der Waals surface area contributed by atoms with Gasteiger partial charge in [0, 0.05) is 19.0 Å². The third-order valence-corrected chi connectivity index (χ3v) is 6.40. The highest BCUT2D eigenvalue weighted by molar-refractivity contribution is 5.94. The summed E-state index contributed by atoms with van der Waals surface area (Å²) in [5.41, 5.74) is 1.74. The summed E-state index contributed by atoms with van der Waals surface area (Å²) in [4.78, 5) is 27.5. The van der Waals surface area contributed by atoms with E-state index in [0.29, 0.717) is 19.4 Å². The summed E-state index contributed by atoms with van der Waals surface area (Å²) in [6.07, 6.45) is 10.3. The van der Waals surface area contributed by atoms with E-state index in [0.717, 1.165) is 19.3 Å². The van der Waals surface area contributed by atoms with Gasteiger partial charge in [-0.05, 0) is 45.1 Å². The van der Waals surface area contributed by atoms with Gasteiger partial charge in [0.15, 0.2) is 0 Å². The van der Waals surface area contributed by atoms with Crippen LogP contribution in [0.15, 0.2) is 24.3 Å². The molecule has 1 N–H and O–H groups in total. The molecule has 2 fully saturated rings. The van der Waals surface area contributed by atoms with E-state index in [4.69, 9.17) is 0 Å². The highest BCUT2D eigenvalue weighted by Gasteiger charge is 2.47. The van der Waals surface area contributed by atoms with Crippen molar-refractivity contribution in [1.82, 2.24) is 10.2 Å². The number of nitrogens with one attached hydrogen (secondary N) is 1. The molecule has 1 aliphatic carbocycles. The van der Waals surface area contributed by atoms with E-state index in [-0.39, 0.29) is 17.9 Å². The molecule has 27 heavy (non-hydrogen) atoms. The molecule has 148 valence electrons. The van der Waals surface area contributed by atoms with Crippen LogP contribution in [0, 0.1) is 6.92 Å². The van der Waals surface area contributed by atoms with Crippen molar-refractivity contribution in [2.45, 2.75) is 89.6 Å². The molecule has 2 aliphatic rings. The zero-order valence-corrected chi connectivity index (χ0v) is 16.9. The van der Waals surface area contributed by atoms with E-state index in [2.05, 4.69) is 36.5 Å². The zero-order valence-electron chi connectivity index (χ0n) is 16.9. The van der Waals surface area contributed by atoms with Gasteiger partial charge in [-0.3, -0.25) is 9.59 Å². The lowest BCUT2D eigenvalue weighted by Gasteiger charge is -2.35. The van der Waals surface area contributed by atoms with Gasteiger partial charge in [-0.15, -0.1) is 0 Å². The number of nitrogens with zero attached hydrogens (tertiary/aromatic N) is 1. The molecule has 1 aromatic rings. The maximum absolute atomic E-state index is 13.1. The summed E-state index contributed by atoms with van der Waals surface area (Å²) in [5.74, 6) is 0.153. The van der Waals surface area contributed by atoms with Crippen LogP contribution in [-0.4, -0.2) is 34.8 Å². The van der Waals surface area contributed by atoms with Gasteiger partial charge < -0.3 is 10.2 Å². The predicted molar refractivity (Wildman–Crippen MR) is 108 cm³/mol. The fourth-order valence-corrected chi connectivity index (χ4v) is 4.44. The van der Waals surface area contributed by atoms with Crippen molar-refractivity contribution < 1.29 is 9.59 Å². The predicted octanol–water partition coefficient (Wildman–Crippen LogP) is 4.15. The van der Waals surface area contributed by atoms with Gasteiger partial charge in [-0.25, -0.2) is 0 Å². The molecule has 0 bridgehead atoms. The number of hydrogen-bond donors (Lipinski definition) is 1. The van der Waals surface area contributed by atoms with Crippen LogP contribution in [0.4, 0.5) is 0 Å². The van der Waals surface area contributed by atoms with Gasteiger partial charge in [0.1, 0.15) is 5.54 Å². The molecule has 4 nitrogen and oxygen atoms in total. The molecular weight excluding hydrogens is 336 g/mol. The van der Waals surface area contributed by atoms with Crippen molar-refractivity contribution in [2.24, 2.45) is 0 Å². The van der Waals surface area contributed by atoms with Crippen molar-refractivity contribution in [2.75, 3.05) is 6.54 Å². The van der Waals surface area contributed by atoms with Crippen LogP contribution >= 0.6 is 0 Å². The van der Waals surface area contributed by atoms with Crippen LogP contribution in [0.1, 0.15) is 75.8 Å². The molecule has 0 radical (unpaired) electrons. The Hall–Kier alpha value is -1.84. The summed E-state index contributed by atoms with van der Waals surface area (Å²) < 4.78 is 0. The number of amides is 2. The van der Waals surface area contributed by atoms with Crippen molar-refractivity contribution in [3.63, 3.8) is 0 Å². The number of rotatable bonds is 5. The molecule has 4 heteroatoms. The Bertz CT molecular complexity index is 647. The molecule has 1 saturated carbocycles. The Morgan fingerprint density at radius 1 is 1.11 bits per heavy atom. The zero-order chi connectivity index (χ0) is 19.3. The Morgan fingerprint density at radius 2 is 1.74 bits per heavy atom. The quantitative estimate of drug-likeness (QED) is 0.846. The molecule has 1 atom stereocenters. The Balaban J connectivity index is 1.63. The topological polar surface area (TPSA) is 49.4 Å². The molecule has 1 saturated heterocycles. The van der Waals surface area contributed by atoms with Gasteiger partial charge in [0.2, 0.25) is 11.8 Å². The fourth-order valence-electron chi connectivity index (χ4n) is 4.44. The number of aryl methyl sites for hydroxylation is 1. The standard InChI is InChI=1S/C23H34N2O2/c1-18-10-12-19(13-11-18)15-17-25-21(26)14-16-23(25,2)22(27)24-20-8-6-4-3-5-7-9-20/h10-13,20H,3-9,14-17H2,1-2H3,(H,24,27). The number of hydrogen-bond acceptors (Lipinski definition) is 2. The average Bonchev–Trinajstić information content (AvgIpc) is 2.92. The van der Waals surface area contributed by atoms with E-state index in [1.165, 1.54) is 43.2 Å². The van der Waals surface area contributed by atoms with E-state index in [1.807, 2.05) is 11.8 Å². The minimum absolute atomic E-state index is 0.0443. The third kappa shape index (κ3) is 4.91. The lowest BCUT2D eigenvalue weighted by Crippen LogP contribution is -2.56. The normalized spacial score (nSPS) is 24.5. The van der Waals surface area contributed by atoms with E-state index in [1.54, 1.807) is 0 Å². The second-order valence-corrected chi connectivity index (χ2v) is 8.57. The van der Waals surface area contributed by atoms with E-state index in [9.17, 15) is 9.59 Å². The molecule has 1 aromatic carbocycles. The first-order chi connectivity index (χ1) is 13.0. The summed E-state index contributed by atoms with van der Waals surface area (Å²) in [6, 6.07) is 8.69. The van der Waals surface area contributed by atoms with Crippen LogP contribution in [0.5, 0.6) is 0 Å². The molecule has 0 spiro atoms. The Morgan fingerprint density at radius 3 is 2.41 bits per heavy atom. The van der Waals surface area contributed by atoms with Gasteiger partial charge in [-0.1, -0.05) is 61.9 Å². The van der Waals surface area contributed by atoms with Crippen molar-refractivity contribution >= 4 is 11.8 Å². The largest absolute Gasteiger partial charge is 0.351 e. The minimum Gasteiger partial charge on any atom is -0.351 e. The van der Waals surface area contributed by atoms with Crippen LogP contribution in [0.3, 0.4) is 0 Å². The smallest absolute Gasteiger partial charge is 0.245 e. The first-order valence-corrected chi connectivity index (χ1v) is 10.7. The van der Waals surface area contributed by atoms with Gasteiger partial charge in [0.05, 0.1) is 0 Å². The monoisotopic (exact) mass is 370 g/mol. The number of carbonyl (C=O) groups is 2. The lowest BCUT2D eigenvalue weighted by molar-refractivity contribution is -0.141. The van der Waals surface area contributed by atoms with Crippen LogP contribution in [0.2, 0.25) is 0 Å². The Labute approximate surface area is 163 Å². The number of carbonyl (C=O) groups excluding carboxylic acids is 2. The number of benzene rings is 1.